The van der Waals surface area contributed by atoms with Crippen LogP contribution in [-0.2, 0) is 11.3 Å². The van der Waals surface area contributed by atoms with Crippen molar-refractivity contribution in [3.8, 4) is 5.75 Å². The van der Waals surface area contributed by atoms with Gasteiger partial charge in [0.25, 0.3) is 5.56 Å². The summed E-state index contributed by atoms with van der Waals surface area (Å²) in [5.41, 5.74) is 2.41. The number of aryl methyl sites for hydroxylation is 1. The van der Waals surface area contributed by atoms with Crippen LogP contribution in [-0.4, -0.2) is 27.2 Å². The van der Waals surface area contributed by atoms with Crippen LogP contribution in [0.2, 0.25) is 0 Å². The first-order valence-electron chi connectivity index (χ1n) is 9.42. The van der Waals surface area contributed by atoms with Crippen LogP contribution in [0, 0.1) is 6.92 Å². The molecule has 0 saturated heterocycles. The van der Waals surface area contributed by atoms with Crippen LogP contribution in [0.1, 0.15) is 30.8 Å². The molecule has 150 valence electrons. The largest absolute Gasteiger partial charge is 0.497 e. The highest BCUT2D eigenvalue weighted by molar-refractivity contribution is 5.83. The molecule has 1 amide bonds. The Morgan fingerprint density at radius 3 is 2.86 bits per heavy atom. The minimum atomic E-state index is -0.710. The Balaban J connectivity index is 1.64. The minimum absolute atomic E-state index is 0.260. The lowest BCUT2D eigenvalue weighted by atomic mass is 10.2. The standard InChI is InChI=1S/C21H22N4O4/c1-4-16(20(26)22-12-14-6-5-7-15(10-14)28-3)25-21(27)18-11-19-17(8-9-29-19)24(18)13(2)23-25/h5-11,16H,4,12H2,1-3H3,(H,22,26)/t16-/m0/s1. The van der Waals surface area contributed by atoms with Gasteiger partial charge < -0.3 is 14.5 Å². The smallest absolute Gasteiger partial charge is 0.291 e. The number of carbonyl (C=O) groups excluding carboxylic acids is 1. The second-order valence-corrected chi connectivity index (χ2v) is 6.83. The molecule has 8 nitrogen and oxygen atoms in total. The third-order valence-corrected chi connectivity index (χ3v) is 5.01. The molecule has 0 saturated carbocycles. The van der Waals surface area contributed by atoms with Crippen molar-refractivity contribution < 1.29 is 13.9 Å². The van der Waals surface area contributed by atoms with Gasteiger partial charge in [-0.15, -0.1) is 0 Å². The number of methoxy groups -OCH3 is 1. The first-order chi connectivity index (χ1) is 14.0. The quantitative estimate of drug-likeness (QED) is 0.543. The Bertz CT molecular complexity index is 1250. The van der Waals surface area contributed by atoms with Crippen LogP contribution < -0.4 is 15.6 Å². The summed E-state index contributed by atoms with van der Waals surface area (Å²) in [7, 11) is 1.60. The van der Waals surface area contributed by atoms with Crippen LogP contribution in [0.15, 0.2) is 51.9 Å². The van der Waals surface area contributed by atoms with E-state index in [1.165, 1.54) is 4.68 Å². The fourth-order valence-electron chi connectivity index (χ4n) is 3.56. The molecule has 0 bridgehead atoms. The van der Waals surface area contributed by atoms with E-state index in [4.69, 9.17) is 9.15 Å². The number of hydrogen-bond acceptors (Lipinski definition) is 5. The lowest BCUT2D eigenvalue weighted by Crippen LogP contribution is -2.39. The van der Waals surface area contributed by atoms with Crippen LogP contribution in [0.3, 0.4) is 0 Å². The van der Waals surface area contributed by atoms with Crippen LogP contribution in [0.25, 0.3) is 16.6 Å². The summed E-state index contributed by atoms with van der Waals surface area (Å²) in [5, 5.41) is 7.32. The Morgan fingerprint density at radius 1 is 1.28 bits per heavy atom. The number of fused-ring (bicyclic) bond motifs is 3. The van der Waals surface area contributed by atoms with Gasteiger partial charge in [-0.05, 0) is 31.0 Å². The summed E-state index contributed by atoms with van der Waals surface area (Å²) in [6.45, 7) is 3.99. The van der Waals surface area contributed by atoms with Crippen molar-refractivity contribution in [2.24, 2.45) is 0 Å². The van der Waals surface area contributed by atoms with Gasteiger partial charge in [0.2, 0.25) is 5.91 Å². The zero-order valence-corrected chi connectivity index (χ0v) is 16.5. The van der Waals surface area contributed by atoms with Gasteiger partial charge in [-0.3, -0.25) is 14.0 Å². The molecule has 0 aliphatic heterocycles. The predicted molar refractivity (Wildman–Crippen MR) is 108 cm³/mol. The van der Waals surface area contributed by atoms with Gasteiger partial charge in [0, 0.05) is 18.7 Å². The van der Waals surface area contributed by atoms with E-state index >= 15 is 0 Å². The van der Waals surface area contributed by atoms with Crippen LogP contribution in [0.4, 0.5) is 0 Å². The predicted octanol–water partition coefficient (Wildman–Crippen LogP) is 2.83. The SMILES string of the molecule is CC[C@@H](C(=O)NCc1cccc(OC)c1)n1nc(C)n2c(cc3occc32)c1=O. The highest BCUT2D eigenvalue weighted by Crippen LogP contribution is 2.21. The molecule has 1 N–H and O–H groups in total. The molecule has 3 heterocycles. The normalized spacial score (nSPS) is 12.4. The van der Waals surface area contributed by atoms with Crippen molar-refractivity contribution >= 4 is 22.5 Å². The molecular weight excluding hydrogens is 372 g/mol. The third kappa shape index (κ3) is 3.26. The second-order valence-electron chi connectivity index (χ2n) is 6.83. The van der Waals surface area contributed by atoms with Crippen LogP contribution >= 0.6 is 0 Å². The van der Waals surface area contributed by atoms with E-state index in [2.05, 4.69) is 10.4 Å². The van der Waals surface area contributed by atoms with Crippen molar-refractivity contribution in [2.45, 2.75) is 32.9 Å². The summed E-state index contributed by atoms with van der Waals surface area (Å²) in [6.07, 6.45) is 2.01. The number of nitrogens with zero attached hydrogens (tertiary/aromatic N) is 3. The van der Waals surface area contributed by atoms with E-state index < -0.39 is 6.04 Å². The molecule has 0 fully saturated rings. The van der Waals surface area contributed by atoms with E-state index in [0.29, 0.717) is 29.9 Å². The van der Waals surface area contributed by atoms with Gasteiger partial charge in [-0.25, -0.2) is 4.68 Å². The van der Waals surface area contributed by atoms with Gasteiger partial charge in [-0.1, -0.05) is 19.1 Å². The number of ether oxygens (including phenoxy) is 1. The Morgan fingerprint density at radius 2 is 2.10 bits per heavy atom. The molecule has 4 aromatic rings. The number of carbonyl (C=O) groups is 1. The first-order valence-corrected chi connectivity index (χ1v) is 9.42. The Hall–Kier alpha value is -3.55. The molecule has 0 radical (unpaired) electrons. The molecule has 8 heteroatoms. The average molecular weight is 394 g/mol. The van der Waals surface area contributed by atoms with Crippen molar-refractivity contribution in [1.82, 2.24) is 19.5 Å². The summed E-state index contributed by atoms with van der Waals surface area (Å²) < 4.78 is 13.6. The maximum Gasteiger partial charge on any atom is 0.291 e. The maximum atomic E-state index is 13.1. The summed E-state index contributed by atoms with van der Waals surface area (Å²) in [4.78, 5) is 25.9. The molecule has 1 aromatic carbocycles. The van der Waals surface area contributed by atoms with Crippen molar-refractivity contribution in [2.75, 3.05) is 7.11 Å². The number of rotatable bonds is 6. The van der Waals surface area contributed by atoms with Gasteiger partial charge in [-0.2, -0.15) is 5.10 Å². The topological polar surface area (TPSA) is 90.8 Å². The zero-order chi connectivity index (χ0) is 20.5. The maximum absolute atomic E-state index is 13.1. The van der Waals surface area contributed by atoms with Crippen molar-refractivity contribution in [3.63, 3.8) is 0 Å². The Labute approximate surface area is 166 Å². The molecule has 0 aliphatic rings. The summed E-state index contributed by atoms with van der Waals surface area (Å²) in [6, 6.07) is 10.2. The van der Waals surface area contributed by atoms with E-state index in [1.54, 1.807) is 36.8 Å². The molecule has 0 spiro atoms. The van der Waals surface area contributed by atoms with Gasteiger partial charge in [0.15, 0.2) is 5.58 Å². The van der Waals surface area contributed by atoms with Crippen molar-refractivity contribution in [3.05, 3.63) is 64.4 Å². The number of furan rings is 1. The van der Waals surface area contributed by atoms with E-state index in [1.807, 2.05) is 31.2 Å². The monoisotopic (exact) mass is 394 g/mol. The lowest BCUT2D eigenvalue weighted by molar-refractivity contribution is -0.125. The highest BCUT2D eigenvalue weighted by Gasteiger charge is 2.23. The van der Waals surface area contributed by atoms with Crippen molar-refractivity contribution in [1.29, 1.82) is 0 Å². The average Bonchev–Trinajstić information content (AvgIpc) is 3.32. The summed E-state index contributed by atoms with van der Waals surface area (Å²) >= 11 is 0. The third-order valence-electron chi connectivity index (χ3n) is 5.01. The molecule has 0 aliphatic carbocycles. The summed E-state index contributed by atoms with van der Waals surface area (Å²) in [5.74, 6) is 1.07. The van der Waals surface area contributed by atoms with Crippen LogP contribution in [0.5, 0.6) is 5.75 Å². The Kier molecular flexibility index (Phi) is 4.84. The van der Waals surface area contributed by atoms with Gasteiger partial charge in [0.05, 0.1) is 18.9 Å². The molecule has 3 aromatic heterocycles. The fraction of sp³-hybridized carbons (Fsp3) is 0.286. The molecule has 0 unspecified atom stereocenters. The molecule has 4 rings (SSSR count). The lowest BCUT2D eigenvalue weighted by Gasteiger charge is -2.18. The number of benzene rings is 1. The number of hydrogen-bond donors (Lipinski definition) is 1. The van der Waals surface area contributed by atoms with E-state index in [-0.39, 0.29) is 11.5 Å². The second kappa shape index (κ2) is 7.46. The van der Waals surface area contributed by atoms with Gasteiger partial charge >= 0.3 is 0 Å². The zero-order valence-electron chi connectivity index (χ0n) is 16.5. The molecule has 29 heavy (non-hydrogen) atoms. The number of amides is 1. The fourth-order valence-corrected chi connectivity index (χ4v) is 3.56. The minimum Gasteiger partial charge on any atom is -0.497 e. The molecule has 1 atom stereocenters. The van der Waals surface area contributed by atoms with Gasteiger partial charge in [0.1, 0.15) is 23.1 Å². The number of aromatic nitrogens is 3. The first kappa shape index (κ1) is 18.8. The number of nitrogens with one attached hydrogen (secondary N) is 1. The van der Waals surface area contributed by atoms with E-state index in [0.717, 1.165) is 16.8 Å². The highest BCUT2D eigenvalue weighted by atomic mass is 16.5. The van der Waals surface area contributed by atoms with E-state index in [9.17, 15) is 9.59 Å². The molecular formula is C21H22N4O4.